The zero-order chi connectivity index (χ0) is 33.0. The quantitative estimate of drug-likeness (QED) is 0.239. The van der Waals surface area contributed by atoms with Crippen molar-refractivity contribution in [2.24, 2.45) is 0 Å². The van der Waals surface area contributed by atoms with Gasteiger partial charge in [-0.2, -0.15) is 0 Å². The first-order valence-corrected chi connectivity index (χ1v) is 17.8. The van der Waals surface area contributed by atoms with Gasteiger partial charge in [0.25, 0.3) is 5.91 Å². The van der Waals surface area contributed by atoms with E-state index in [0.717, 1.165) is 65.8 Å². The fourth-order valence-electron chi connectivity index (χ4n) is 5.61. The van der Waals surface area contributed by atoms with Crippen molar-refractivity contribution in [3.8, 4) is 11.3 Å². The van der Waals surface area contributed by atoms with Crippen LogP contribution in [0.1, 0.15) is 58.9 Å². The summed E-state index contributed by atoms with van der Waals surface area (Å²) in [5.74, 6) is -0.350. The molecule has 3 aromatic rings. The summed E-state index contributed by atoms with van der Waals surface area (Å²) in [5, 5.41) is 6.22. The van der Waals surface area contributed by atoms with Gasteiger partial charge < -0.3 is 10.1 Å². The molecule has 2 fully saturated rings. The molecule has 246 valence electrons. The number of imide groups is 1. The number of hydrogen-bond acceptors (Lipinski definition) is 9. The lowest BCUT2D eigenvalue weighted by Gasteiger charge is -2.37. The fraction of sp³-hybridized carbons (Fsp3) is 0.455. The first kappa shape index (κ1) is 34.7. The average molecular weight is 705 g/mol. The van der Waals surface area contributed by atoms with Gasteiger partial charge in [0.05, 0.1) is 27.5 Å². The number of piperidine rings is 1. The number of ether oxygens (including phenoxy) is 1. The molecule has 0 radical (unpaired) electrons. The normalized spacial score (nSPS) is 17.6. The molecule has 0 unspecified atom stereocenters. The third-order valence-corrected chi connectivity index (χ3v) is 10.7. The van der Waals surface area contributed by atoms with Crippen LogP contribution >= 0.6 is 46.5 Å². The number of thiazole rings is 1. The van der Waals surface area contributed by atoms with Crippen LogP contribution in [0.15, 0.2) is 52.2 Å². The van der Waals surface area contributed by atoms with Crippen LogP contribution in [-0.2, 0) is 20.9 Å². The Balaban J connectivity index is 1.27. The summed E-state index contributed by atoms with van der Waals surface area (Å²) in [5.41, 5.74) is 2.22. The summed E-state index contributed by atoms with van der Waals surface area (Å²) in [6.07, 6.45) is 2.51. The molecule has 0 saturated carbocycles. The number of hydrogen-bond donors (Lipinski definition) is 1. The van der Waals surface area contributed by atoms with Crippen molar-refractivity contribution < 1.29 is 19.1 Å². The number of benzene rings is 2. The Bertz CT molecular complexity index is 1570. The average Bonchev–Trinajstić information content (AvgIpc) is 3.71. The number of carbonyl (C=O) groups excluding carboxylic acids is 3. The van der Waals surface area contributed by atoms with Gasteiger partial charge in [-0.05, 0) is 82.8 Å². The standard InChI is InChI=1S/C33H39Cl2N5O4S2/c1-21(41)40(24-12-15-38(16-13-24)19-22-10-11-26(34)27(35)17-22)46-31-37-29(20-45-31)23-7-5-8-25(18-23)39(32(43)44-33(2,3)4)30(42)28-9-6-14-36-28/h5,7-8,10-11,17-18,20,24,28,36H,6,9,12-16,19H2,1-4H3/t28-/m1/s1. The number of halogens is 2. The van der Waals surface area contributed by atoms with Gasteiger partial charge in [-0.3, -0.25) is 18.8 Å². The van der Waals surface area contributed by atoms with Gasteiger partial charge in [-0.15, -0.1) is 11.3 Å². The zero-order valence-electron chi connectivity index (χ0n) is 26.4. The molecule has 0 bridgehead atoms. The largest absolute Gasteiger partial charge is 0.443 e. The molecule has 9 nitrogen and oxygen atoms in total. The smallest absolute Gasteiger partial charge is 0.421 e. The van der Waals surface area contributed by atoms with E-state index in [1.54, 1.807) is 45.9 Å². The molecule has 46 heavy (non-hydrogen) atoms. The van der Waals surface area contributed by atoms with Crippen molar-refractivity contribution in [1.82, 2.24) is 19.5 Å². The minimum Gasteiger partial charge on any atom is -0.443 e. The van der Waals surface area contributed by atoms with Crippen LogP contribution < -0.4 is 10.2 Å². The summed E-state index contributed by atoms with van der Waals surface area (Å²) < 4.78 is 8.20. The van der Waals surface area contributed by atoms with Gasteiger partial charge in [-0.1, -0.05) is 41.4 Å². The molecule has 2 aromatic carbocycles. The van der Waals surface area contributed by atoms with E-state index in [1.165, 1.54) is 23.3 Å². The Morgan fingerprint density at radius 1 is 1.09 bits per heavy atom. The number of carbonyl (C=O) groups is 3. The van der Waals surface area contributed by atoms with Crippen LogP contribution in [0.5, 0.6) is 0 Å². The molecule has 3 amide bonds. The lowest BCUT2D eigenvalue weighted by molar-refractivity contribution is -0.126. The molecule has 0 spiro atoms. The molecule has 1 aromatic heterocycles. The van der Waals surface area contributed by atoms with Gasteiger partial charge in [-0.25, -0.2) is 14.7 Å². The molecule has 3 heterocycles. The van der Waals surface area contributed by atoms with Crippen LogP contribution in [-0.4, -0.2) is 69.4 Å². The Hall–Kier alpha value is -2.67. The Morgan fingerprint density at radius 3 is 2.50 bits per heavy atom. The van der Waals surface area contributed by atoms with Gasteiger partial charge in [0.2, 0.25) is 5.91 Å². The molecule has 1 N–H and O–H groups in total. The SMILES string of the molecule is CC(=O)N(Sc1nc(-c2cccc(N(C(=O)OC(C)(C)C)C(=O)[C@H]3CCCN3)c2)cs1)C1CCN(Cc2ccc(Cl)c(Cl)c2)CC1. The number of aromatic nitrogens is 1. The highest BCUT2D eigenvalue weighted by Gasteiger charge is 2.35. The predicted molar refractivity (Wildman–Crippen MR) is 185 cm³/mol. The van der Waals surface area contributed by atoms with Crippen LogP contribution in [0, 0.1) is 0 Å². The second-order valence-corrected chi connectivity index (χ2v) is 15.4. The van der Waals surface area contributed by atoms with Crippen molar-refractivity contribution in [1.29, 1.82) is 0 Å². The number of nitrogens with one attached hydrogen (secondary N) is 1. The molecule has 13 heteroatoms. The second kappa shape index (κ2) is 15.0. The maximum Gasteiger partial charge on any atom is 0.421 e. The number of anilines is 1. The summed E-state index contributed by atoms with van der Waals surface area (Å²) in [7, 11) is 0. The van der Waals surface area contributed by atoms with Crippen molar-refractivity contribution >= 4 is 70.1 Å². The van der Waals surface area contributed by atoms with E-state index in [4.69, 9.17) is 32.9 Å². The van der Waals surface area contributed by atoms with Crippen molar-refractivity contribution in [3.63, 3.8) is 0 Å². The van der Waals surface area contributed by atoms with Crippen LogP contribution in [0.4, 0.5) is 10.5 Å². The van der Waals surface area contributed by atoms with Gasteiger partial charge in [0.1, 0.15) is 5.60 Å². The Kier molecular flexibility index (Phi) is 11.3. The topological polar surface area (TPSA) is 95.1 Å². The van der Waals surface area contributed by atoms with Crippen LogP contribution in [0.3, 0.4) is 0 Å². The summed E-state index contributed by atoms with van der Waals surface area (Å²) in [4.78, 5) is 47.9. The van der Waals surface area contributed by atoms with E-state index in [-0.39, 0.29) is 17.9 Å². The molecule has 1 atom stereocenters. The maximum atomic E-state index is 13.5. The summed E-state index contributed by atoms with van der Waals surface area (Å²) in [6.45, 7) is 10.1. The number of amides is 3. The third kappa shape index (κ3) is 8.81. The first-order valence-electron chi connectivity index (χ1n) is 15.4. The van der Waals surface area contributed by atoms with Crippen molar-refractivity contribution in [3.05, 3.63) is 63.5 Å². The zero-order valence-corrected chi connectivity index (χ0v) is 29.6. The molecule has 0 aliphatic carbocycles. The molecular formula is C33H39Cl2N5O4S2. The van der Waals surface area contributed by atoms with Crippen molar-refractivity contribution in [2.75, 3.05) is 24.5 Å². The first-order chi connectivity index (χ1) is 21.9. The Morgan fingerprint density at radius 2 is 1.85 bits per heavy atom. The van der Waals surface area contributed by atoms with E-state index in [1.807, 2.05) is 34.0 Å². The monoisotopic (exact) mass is 703 g/mol. The van der Waals surface area contributed by atoms with Crippen molar-refractivity contribution in [2.45, 2.75) is 81.9 Å². The number of nitrogens with zero attached hydrogens (tertiary/aromatic N) is 4. The molecular weight excluding hydrogens is 665 g/mol. The van der Waals surface area contributed by atoms with E-state index in [0.29, 0.717) is 27.8 Å². The van der Waals surface area contributed by atoms with Crippen LogP contribution in [0.2, 0.25) is 10.0 Å². The molecule has 2 saturated heterocycles. The van der Waals surface area contributed by atoms with E-state index < -0.39 is 17.7 Å². The van der Waals surface area contributed by atoms with Gasteiger partial charge >= 0.3 is 6.09 Å². The number of likely N-dealkylation sites (tertiary alicyclic amines) is 1. The lowest BCUT2D eigenvalue weighted by atomic mass is 10.0. The van der Waals surface area contributed by atoms with Gasteiger partial charge in [0, 0.05) is 55.5 Å². The summed E-state index contributed by atoms with van der Waals surface area (Å²) in [6, 6.07) is 12.6. The van der Waals surface area contributed by atoms with E-state index in [2.05, 4.69) is 10.2 Å². The predicted octanol–water partition coefficient (Wildman–Crippen LogP) is 7.66. The maximum absolute atomic E-state index is 13.5. The highest BCUT2D eigenvalue weighted by Crippen LogP contribution is 2.35. The highest BCUT2D eigenvalue weighted by molar-refractivity contribution is 7.99. The van der Waals surface area contributed by atoms with Gasteiger partial charge in [0.15, 0.2) is 4.34 Å². The highest BCUT2D eigenvalue weighted by atomic mass is 35.5. The molecule has 2 aliphatic rings. The van der Waals surface area contributed by atoms with E-state index in [9.17, 15) is 14.4 Å². The molecule has 2 aliphatic heterocycles. The Labute approximate surface area is 288 Å². The summed E-state index contributed by atoms with van der Waals surface area (Å²) >= 11 is 15.1. The molecule has 5 rings (SSSR count). The minimum absolute atomic E-state index is 0.0151. The van der Waals surface area contributed by atoms with Crippen LogP contribution in [0.25, 0.3) is 11.3 Å². The number of rotatable bonds is 8. The third-order valence-electron chi connectivity index (χ3n) is 7.80. The fourth-order valence-corrected chi connectivity index (χ4v) is 7.83. The minimum atomic E-state index is -0.762. The lowest BCUT2D eigenvalue weighted by Crippen LogP contribution is -2.48. The second-order valence-electron chi connectivity index (χ2n) is 12.5. The van der Waals surface area contributed by atoms with E-state index >= 15 is 0 Å².